The van der Waals surface area contributed by atoms with Gasteiger partial charge >= 0.3 is 0 Å². The van der Waals surface area contributed by atoms with Gasteiger partial charge in [-0.2, -0.15) is 0 Å². The third kappa shape index (κ3) is 3.17. The van der Waals surface area contributed by atoms with Gasteiger partial charge in [0.2, 0.25) is 0 Å². The lowest BCUT2D eigenvalue weighted by Gasteiger charge is -2.08. The first-order valence-corrected chi connectivity index (χ1v) is 6.01. The summed E-state index contributed by atoms with van der Waals surface area (Å²) in [6.07, 6.45) is 1.64. The standard InChI is InChI=1S/C12H8BrClFNO/c13-12-11(2-1-5-16-12)17-7-8-3-4-9(14)6-10(8)15/h1-6H,7H2. The molecule has 0 saturated heterocycles. The molecule has 0 bridgehead atoms. The summed E-state index contributed by atoms with van der Waals surface area (Å²) in [5, 5.41) is 0.369. The molecule has 17 heavy (non-hydrogen) atoms. The van der Waals surface area contributed by atoms with E-state index in [1.54, 1.807) is 30.5 Å². The smallest absolute Gasteiger partial charge is 0.152 e. The van der Waals surface area contributed by atoms with Gasteiger partial charge in [0.15, 0.2) is 5.75 Å². The highest BCUT2D eigenvalue weighted by molar-refractivity contribution is 9.10. The first-order valence-electron chi connectivity index (χ1n) is 4.84. The average molecular weight is 317 g/mol. The van der Waals surface area contributed by atoms with Crippen LogP contribution >= 0.6 is 27.5 Å². The van der Waals surface area contributed by atoms with Gasteiger partial charge in [-0.3, -0.25) is 0 Å². The molecule has 1 aromatic heterocycles. The predicted molar refractivity (Wildman–Crippen MR) is 67.7 cm³/mol. The van der Waals surface area contributed by atoms with E-state index in [1.807, 2.05) is 0 Å². The molecule has 0 aliphatic heterocycles. The van der Waals surface area contributed by atoms with Gasteiger partial charge in [-0.1, -0.05) is 17.7 Å². The molecular weight excluding hydrogens is 308 g/mol. The normalized spacial score (nSPS) is 10.3. The van der Waals surface area contributed by atoms with Gasteiger partial charge in [-0.25, -0.2) is 9.37 Å². The molecule has 0 aliphatic carbocycles. The van der Waals surface area contributed by atoms with Crippen molar-refractivity contribution in [2.45, 2.75) is 6.61 Å². The Bertz CT molecular complexity index is 536. The first kappa shape index (κ1) is 12.3. The minimum Gasteiger partial charge on any atom is -0.486 e. The van der Waals surface area contributed by atoms with Crippen LogP contribution in [0.2, 0.25) is 5.02 Å². The van der Waals surface area contributed by atoms with Crippen LogP contribution in [0.4, 0.5) is 4.39 Å². The van der Waals surface area contributed by atoms with E-state index in [0.29, 0.717) is 20.9 Å². The van der Waals surface area contributed by atoms with E-state index in [-0.39, 0.29) is 12.4 Å². The van der Waals surface area contributed by atoms with Crippen LogP contribution in [-0.2, 0) is 6.61 Å². The highest BCUT2D eigenvalue weighted by Crippen LogP contribution is 2.23. The van der Waals surface area contributed by atoms with E-state index < -0.39 is 0 Å². The molecule has 0 fully saturated rings. The van der Waals surface area contributed by atoms with Gasteiger partial charge in [-0.05, 0) is 40.2 Å². The van der Waals surface area contributed by atoms with Gasteiger partial charge in [0.05, 0.1) is 0 Å². The Hall–Kier alpha value is -1.13. The summed E-state index contributed by atoms with van der Waals surface area (Å²) >= 11 is 8.91. The van der Waals surface area contributed by atoms with Crippen LogP contribution in [0.1, 0.15) is 5.56 Å². The third-order valence-corrected chi connectivity index (χ3v) is 2.95. The quantitative estimate of drug-likeness (QED) is 0.791. The molecule has 2 aromatic rings. The van der Waals surface area contributed by atoms with Crippen molar-refractivity contribution in [1.82, 2.24) is 4.98 Å². The van der Waals surface area contributed by atoms with Crippen LogP contribution in [0, 0.1) is 5.82 Å². The van der Waals surface area contributed by atoms with Gasteiger partial charge < -0.3 is 4.74 Å². The Morgan fingerprint density at radius 3 is 2.88 bits per heavy atom. The number of ether oxygens (including phenoxy) is 1. The topological polar surface area (TPSA) is 22.1 Å². The fourth-order valence-corrected chi connectivity index (χ4v) is 1.80. The predicted octanol–water partition coefficient (Wildman–Crippen LogP) is 4.22. The molecule has 0 N–H and O–H groups in total. The molecule has 0 atom stereocenters. The molecule has 5 heteroatoms. The zero-order valence-electron chi connectivity index (χ0n) is 8.66. The molecule has 0 aliphatic rings. The van der Waals surface area contributed by atoms with Crippen LogP contribution in [0.25, 0.3) is 0 Å². The molecule has 1 heterocycles. The Morgan fingerprint density at radius 2 is 2.18 bits per heavy atom. The maximum Gasteiger partial charge on any atom is 0.152 e. The van der Waals surface area contributed by atoms with Crippen molar-refractivity contribution in [2.24, 2.45) is 0 Å². The summed E-state index contributed by atoms with van der Waals surface area (Å²) in [5.74, 6) is 0.194. The summed E-state index contributed by atoms with van der Waals surface area (Å²) in [5.41, 5.74) is 0.449. The van der Waals surface area contributed by atoms with Crippen molar-refractivity contribution in [3.05, 3.63) is 57.5 Å². The van der Waals surface area contributed by atoms with Crippen LogP contribution < -0.4 is 4.74 Å². The van der Waals surface area contributed by atoms with E-state index >= 15 is 0 Å². The Kier molecular flexibility index (Phi) is 3.97. The molecule has 0 unspecified atom stereocenters. The fourth-order valence-electron chi connectivity index (χ4n) is 1.27. The summed E-state index contributed by atoms with van der Waals surface area (Å²) in [6.45, 7) is 0.132. The molecule has 0 amide bonds. The lowest BCUT2D eigenvalue weighted by molar-refractivity contribution is 0.296. The van der Waals surface area contributed by atoms with Crippen molar-refractivity contribution in [3.8, 4) is 5.75 Å². The maximum absolute atomic E-state index is 13.5. The second-order valence-electron chi connectivity index (χ2n) is 3.32. The largest absolute Gasteiger partial charge is 0.486 e. The molecule has 88 valence electrons. The second-order valence-corrected chi connectivity index (χ2v) is 4.50. The Morgan fingerprint density at radius 1 is 1.35 bits per heavy atom. The van der Waals surface area contributed by atoms with Gasteiger partial charge in [-0.15, -0.1) is 0 Å². The molecule has 0 saturated carbocycles. The van der Waals surface area contributed by atoms with E-state index in [1.165, 1.54) is 6.07 Å². The van der Waals surface area contributed by atoms with Gasteiger partial charge in [0, 0.05) is 16.8 Å². The SMILES string of the molecule is Fc1cc(Cl)ccc1COc1cccnc1Br. The van der Waals surface area contributed by atoms with E-state index in [2.05, 4.69) is 20.9 Å². The summed E-state index contributed by atoms with van der Waals surface area (Å²) in [6, 6.07) is 7.99. The summed E-state index contributed by atoms with van der Waals surface area (Å²) in [4.78, 5) is 4.00. The number of nitrogens with zero attached hydrogens (tertiary/aromatic N) is 1. The molecule has 0 radical (unpaired) electrons. The number of hydrogen-bond donors (Lipinski definition) is 0. The van der Waals surface area contributed by atoms with Gasteiger partial charge in [0.25, 0.3) is 0 Å². The van der Waals surface area contributed by atoms with E-state index in [9.17, 15) is 4.39 Å². The molecule has 0 spiro atoms. The van der Waals surface area contributed by atoms with Crippen LogP contribution in [0.3, 0.4) is 0 Å². The van der Waals surface area contributed by atoms with Crippen molar-refractivity contribution in [2.75, 3.05) is 0 Å². The Labute approximate surface area is 112 Å². The van der Waals surface area contributed by atoms with Crippen molar-refractivity contribution in [1.29, 1.82) is 0 Å². The number of benzene rings is 1. The van der Waals surface area contributed by atoms with Crippen LogP contribution in [-0.4, -0.2) is 4.98 Å². The lowest BCUT2D eigenvalue weighted by atomic mass is 10.2. The van der Waals surface area contributed by atoms with Crippen molar-refractivity contribution >= 4 is 27.5 Å². The number of pyridine rings is 1. The number of hydrogen-bond acceptors (Lipinski definition) is 2. The number of rotatable bonds is 3. The van der Waals surface area contributed by atoms with E-state index in [0.717, 1.165) is 0 Å². The Balaban J connectivity index is 2.10. The highest BCUT2D eigenvalue weighted by Gasteiger charge is 2.05. The zero-order valence-corrected chi connectivity index (χ0v) is 11.0. The second kappa shape index (κ2) is 5.47. The van der Waals surface area contributed by atoms with Crippen LogP contribution in [0.15, 0.2) is 41.1 Å². The van der Waals surface area contributed by atoms with Crippen molar-refractivity contribution < 1.29 is 9.13 Å². The zero-order chi connectivity index (χ0) is 12.3. The highest BCUT2D eigenvalue weighted by atomic mass is 79.9. The first-order chi connectivity index (χ1) is 8.16. The van der Waals surface area contributed by atoms with Crippen LogP contribution in [0.5, 0.6) is 5.75 Å². The average Bonchev–Trinajstić information content (AvgIpc) is 2.30. The van der Waals surface area contributed by atoms with Gasteiger partial charge in [0.1, 0.15) is 17.0 Å². The monoisotopic (exact) mass is 315 g/mol. The fraction of sp³-hybridized carbons (Fsp3) is 0.0833. The lowest BCUT2D eigenvalue weighted by Crippen LogP contribution is -1.99. The third-order valence-electron chi connectivity index (χ3n) is 2.12. The molecule has 2 rings (SSSR count). The maximum atomic E-state index is 13.5. The molecule has 1 aromatic carbocycles. The minimum atomic E-state index is -0.377. The number of halogens is 3. The van der Waals surface area contributed by atoms with Crippen molar-refractivity contribution in [3.63, 3.8) is 0 Å². The molecule has 2 nitrogen and oxygen atoms in total. The number of aromatic nitrogens is 1. The minimum absolute atomic E-state index is 0.132. The van der Waals surface area contributed by atoms with E-state index in [4.69, 9.17) is 16.3 Å². The summed E-state index contributed by atoms with van der Waals surface area (Å²) in [7, 11) is 0. The summed E-state index contributed by atoms with van der Waals surface area (Å²) < 4.78 is 19.5. The molecular formula is C12H8BrClFNO.